The number of aryl methyl sites for hydroxylation is 1. The zero-order chi connectivity index (χ0) is 25.9. The number of aliphatic hydroxyl groups is 1. The standard InChI is InChI=1S/C30H36N2O4/c1-5-26(23-14-12-22(13-15-23)24-16-17-27(33)31(6-2)20-24)32-19-18-30(36-28(32)34,21-29(3,4)35)25-10-8-7-9-11-25/h7-17,20,26,35H,5-6,18-19,21H2,1-4H3/t26?,30-/m0/s1. The van der Waals surface area contributed by atoms with Crippen molar-refractivity contribution in [2.45, 2.75) is 70.7 Å². The third-order valence-corrected chi connectivity index (χ3v) is 7.01. The summed E-state index contributed by atoms with van der Waals surface area (Å²) in [6, 6.07) is 21.2. The quantitative estimate of drug-likeness (QED) is 0.429. The molecule has 1 unspecified atom stereocenters. The minimum atomic E-state index is -0.988. The SMILES string of the molecule is CCC(c1ccc(-c2ccc(=O)n(CC)c2)cc1)N1CC[C@](CC(C)(C)O)(c2ccccc2)OC1=O. The van der Waals surface area contributed by atoms with Gasteiger partial charge >= 0.3 is 6.09 Å². The normalized spacial score (nSPS) is 19.1. The number of benzene rings is 2. The summed E-state index contributed by atoms with van der Waals surface area (Å²) in [7, 11) is 0. The number of carbonyl (C=O) groups is 1. The molecule has 6 nitrogen and oxygen atoms in total. The molecule has 0 aliphatic carbocycles. The highest BCUT2D eigenvalue weighted by Gasteiger charge is 2.46. The number of hydrogen-bond acceptors (Lipinski definition) is 4. The molecule has 1 fully saturated rings. The predicted octanol–water partition coefficient (Wildman–Crippen LogP) is 5.89. The number of ether oxygens (including phenoxy) is 1. The highest BCUT2D eigenvalue weighted by atomic mass is 16.6. The lowest BCUT2D eigenvalue weighted by Gasteiger charge is -2.46. The second-order valence-electron chi connectivity index (χ2n) is 10.2. The van der Waals surface area contributed by atoms with E-state index in [0.29, 0.717) is 25.9 Å². The van der Waals surface area contributed by atoms with E-state index < -0.39 is 11.2 Å². The number of carbonyl (C=O) groups excluding carboxylic acids is 1. The number of amides is 1. The Labute approximate surface area is 213 Å². The monoisotopic (exact) mass is 488 g/mol. The average molecular weight is 489 g/mol. The van der Waals surface area contributed by atoms with Crippen LogP contribution in [0.5, 0.6) is 0 Å². The van der Waals surface area contributed by atoms with Crippen molar-refractivity contribution in [3.63, 3.8) is 0 Å². The Morgan fingerprint density at radius 3 is 2.22 bits per heavy atom. The van der Waals surface area contributed by atoms with Gasteiger partial charge in [0, 0.05) is 38.2 Å². The van der Waals surface area contributed by atoms with E-state index in [1.54, 1.807) is 29.4 Å². The van der Waals surface area contributed by atoms with Crippen LogP contribution in [0.3, 0.4) is 0 Å². The molecule has 4 rings (SSSR count). The average Bonchev–Trinajstić information content (AvgIpc) is 2.86. The fourth-order valence-electron chi connectivity index (χ4n) is 5.31. The van der Waals surface area contributed by atoms with Crippen molar-refractivity contribution in [1.82, 2.24) is 9.47 Å². The fourth-order valence-corrected chi connectivity index (χ4v) is 5.31. The molecule has 2 aromatic carbocycles. The van der Waals surface area contributed by atoms with Gasteiger partial charge in [-0.15, -0.1) is 0 Å². The molecule has 2 heterocycles. The number of rotatable bonds is 8. The van der Waals surface area contributed by atoms with Crippen LogP contribution in [0.4, 0.5) is 4.79 Å². The lowest BCUT2D eigenvalue weighted by molar-refractivity contribution is -0.102. The Morgan fingerprint density at radius 1 is 0.972 bits per heavy atom. The number of cyclic esters (lactones) is 1. The first kappa shape index (κ1) is 25.7. The van der Waals surface area contributed by atoms with Crippen LogP contribution in [0, 0.1) is 0 Å². The fraction of sp³-hybridized carbons (Fsp3) is 0.400. The summed E-state index contributed by atoms with van der Waals surface area (Å²) in [6.07, 6.45) is 3.19. The van der Waals surface area contributed by atoms with Crippen molar-refractivity contribution in [2.24, 2.45) is 0 Å². The predicted molar refractivity (Wildman–Crippen MR) is 142 cm³/mol. The molecule has 1 amide bonds. The third kappa shape index (κ3) is 5.39. The molecule has 0 bridgehead atoms. The summed E-state index contributed by atoms with van der Waals surface area (Å²) in [6.45, 7) is 8.68. The minimum Gasteiger partial charge on any atom is -0.438 e. The van der Waals surface area contributed by atoms with Crippen molar-refractivity contribution < 1.29 is 14.6 Å². The van der Waals surface area contributed by atoms with Gasteiger partial charge in [-0.1, -0.05) is 61.5 Å². The van der Waals surface area contributed by atoms with Crippen LogP contribution in [0.25, 0.3) is 11.1 Å². The first-order valence-electron chi connectivity index (χ1n) is 12.7. The Morgan fingerprint density at radius 2 is 1.64 bits per heavy atom. The van der Waals surface area contributed by atoms with Crippen molar-refractivity contribution >= 4 is 6.09 Å². The molecule has 1 aromatic heterocycles. The van der Waals surface area contributed by atoms with Crippen LogP contribution >= 0.6 is 0 Å². The minimum absolute atomic E-state index is 0.0105. The second kappa shape index (κ2) is 10.3. The van der Waals surface area contributed by atoms with Gasteiger partial charge in [0.05, 0.1) is 11.6 Å². The Balaban J connectivity index is 1.57. The molecule has 1 saturated heterocycles. The Bertz CT molecular complexity index is 1240. The molecule has 36 heavy (non-hydrogen) atoms. The number of hydrogen-bond donors (Lipinski definition) is 1. The van der Waals surface area contributed by atoms with Crippen LogP contribution in [0.2, 0.25) is 0 Å². The van der Waals surface area contributed by atoms with Gasteiger partial charge in [0.15, 0.2) is 0 Å². The van der Waals surface area contributed by atoms with E-state index in [2.05, 4.69) is 6.92 Å². The zero-order valence-corrected chi connectivity index (χ0v) is 21.6. The van der Waals surface area contributed by atoms with E-state index in [9.17, 15) is 14.7 Å². The van der Waals surface area contributed by atoms with Crippen molar-refractivity contribution in [1.29, 1.82) is 0 Å². The second-order valence-corrected chi connectivity index (χ2v) is 10.2. The van der Waals surface area contributed by atoms with Gasteiger partial charge in [0.25, 0.3) is 5.56 Å². The molecule has 1 aliphatic heterocycles. The maximum atomic E-state index is 13.4. The van der Waals surface area contributed by atoms with E-state index in [1.807, 2.05) is 73.8 Å². The summed E-state index contributed by atoms with van der Waals surface area (Å²) in [4.78, 5) is 27.2. The molecule has 0 radical (unpaired) electrons. The third-order valence-electron chi connectivity index (χ3n) is 7.01. The Kier molecular flexibility index (Phi) is 7.36. The van der Waals surface area contributed by atoms with E-state index >= 15 is 0 Å². The van der Waals surface area contributed by atoms with Gasteiger partial charge in [-0.05, 0) is 55.5 Å². The summed E-state index contributed by atoms with van der Waals surface area (Å²) < 4.78 is 7.87. The van der Waals surface area contributed by atoms with E-state index in [1.165, 1.54) is 0 Å². The maximum absolute atomic E-state index is 13.4. The zero-order valence-electron chi connectivity index (χ0n) is 21.6. The first-order valence-corrected chi connectivity index (χ1v) is 12.7. The lowest BCUT2D eigenvalue weighted by Crippen LogP contribution is -2.51. The van der Waals surface area contributed by atoms with Crippen LogP contribution in [-0.4, -0.2) is 32.8 Å². The first-order chi connectivity index (χ1) is 17.2. The molecule has 0 saturated carbocycles. The molecule has 2 atom stereocenters. The molecule has 6 heteroatoms. The largest absolute Gasteiger partial charge is 0.438 e. The summed E-state index contributed by atoms with van der Waals surface area (Å²) in [5, 5.41) is 10.6. The van der Waals surface area contributed by atoms with Crippen molar-refractivity contribution in [2.75, 3.05) is 6.54 Å². The maximum Gasteiger partial charge on any atom is 0.411 e. The smallest absolute Gasteiger partial charge is 0.411 e. The highest BCUT2D eigenvalue weighted by molar-refractivity contribution is 5.70. The lowest BCUT2D eigenvalue weighted by atomic mass is 9.80. The van der Waals surface area contributed by atoms with E-state index in [4.69, 9.17) is 4.74 Å². The summed E-state index contributed by atoms with van der Waals surface area (Å²) in [5.74, 6) is 0. The van der Waals surface area contributed by atoms with Gasteiger partial charge in [0.1, 0.15) is 5.60 Å². The summed E-state index contributed by atoms with van der Waals surface area (Å²) >= 11 is 0. The van der Waals surface area contributed by atoms with Gasteiger partial charge in [0.2, 0.25) is 0 Å². The van der Waals surface area contributed by atoms with Crippen molar-refractivity contribution in [3.8, 4) is 11.1 Å². The molecule has 0 spiro atoms. The van der Waals surface area contributed by atoms with Crippen molar-refractivity contribution in [3.05, 3.63) is 94.4 Å². The Hall–Kier alpha value is -3.38. The number of aromatic nitrogens is 1. The van der Waals surface area contributed by atoms with Gasteiger partial charge < -0.3 is 19.3 Å². The summed E-state index contributed by atoms with van der Waals surface area (Å²) in [5.41, 5.74) is 2.08. The number of nitrogens with zero attached hydrogens (tertiary/aromatic N) is 2. The topological polar surface area (TPSA) is 71.8 Å². The molecule has 1 aliphatic rings. The van der Waals surface area contributed by atoms with Crippen LogP contribution in [0.15, 0.2) is 77.7 Å². The van der Waals surface area contributed by atoms with Crippen LogP contribution in [-0.2, 0) is 16.9 Å². The highest BCUT2D eigenvalue weighted by Crippen LogP contribution is 2.42. The molecular weight excluding hydrogens is 452 g/mol. The van der Waals surface area contributed by atoms with Gasteiger partial charge in [-0.2, -0.15) is 0 Å². The molecule has 1 N–H and O–H groups in total. The number of pyridine rings is 1. The van der Waals surface area contributed by atoms with Crippen LogP contribution in [0.1, 0.15) is 64.1 Å². The van der Waals surface area contributed by atoms with E-state index in [0.717, 1.165) is 28.7 Å². The molecule has 190 valence electrons. The van der Waals surface area contributed by atoms with Gasteiger partial charge in [-0.25, -0.2) is 4.79 Å². The molecule has 3 aromatic rings. The van der Waals surface area contributed by atoms with E-state index in [-0.39, 0.29) is 17.7 Å². The van der Waals surface area contributed by atoms with Crippen LogP contribution < -0.4 is 5.56 Å². The van der Waals surface area contributed by atoms with Gasteiger partial charge in [-0.3, -0.25) is 4.79 Å². The molecular formula is C30H36N2O4.